The molecule has 0 spiro atoms. The summed E-state index contributed by atoms with van der Waals surface area (Å²) in [6, 6.07) is 10.6. The molecule has 0 N–H and O–H groups in total. The van der Waals surface area contributed by atoms with E-state index in [0.29, 0.717) is 61.5 Å². The number of carbonyl (C=O) groups excluding carboxylic acids is 2. The Hall–Kier alpha value is -2.44. The number of carbonyl (C=O) groups is 2. The van der Waals surface area contributed by atoms with Gasteiger partial charge in [0, 0.05) is 11.8 Å². The highest BCUT2D eigenvalue weighted by Crippen LogP contribution is 2.25. The number of hydrogen-bond donors (Lipinski definition) is 0. The zero-order chi connectivity index (χ0) is 17.9. The molecular weight excluding hydrogens is 336 g/mol. The predicted octanol–water partition coefficient (Wildman–Crippen LogP) is 2.45. The molecule has 0 unspecified atom stereocenters. The molecule has 0 amide bonds. The second-order valence-corrected chi connectivity index (χ2v) is 6.71. The average molecular weight is 356 g/mol. The molecule has 2 fully saturated rings. The van der Waals surface area contributed by atoms with E-state index in [1.54, 1.807) is 12.1 Å². The Morgan fingerprint density at radius 1 is 0.769 bits per heavy atom. The van der Waals surface area contributed by atoms with Crippen LogP contribution < -0.4 is 0 Å². The van der Waals surface area contributed by atoms with Gasteiger partial charge in [0.05, 0.1) is 50.8 Å². The highest BCUT2D eigenvalue weighted by molar-refractivity contribution is 6.11. The maximum Gasteiger partial charge on any atom is 0.338 e. The standard InChI is InChI=1S/C20H20O6/c21-19(25-11-13-7-23-8-13)17-5-6-18(16-4-2-1-3-15(16)17)20(22)26-12-14-9-24-10-14/h1-6,13-14H,7-12H2. The molecule has 0 aliphatic carbocycles. The van der Waals surface area contributed by atoms with Gasteiger partial charge in [-0.3, -0.25) is 0 Å². The SMILES string of the molecule is O=C(OCC1COC1)c1ccc(C(=O)OCC2COC2)c2ccccc12. The minimum atomic E-state index is -0.389. The fourth-order valence-corrected chi connectivity index (χ4v) is 2.96. The second kappa shape index (κ2) is 7.43. The van der Waals surface area contributed by atoms with E-state index in [-0.39, 0.29) is 23.8 Å². The number of fused-ring (bicyclic) bond motifs is 1. The molecule has 2 aliphatic heterocycles. The van der Waals surface area contributed by atoms with Crippen LogP contribution in [0.4, 0.5) is 0 Å². The normalized spacial score (nSPS) is 17.4. The summed E-state index contributed by atoms with van der Waals surface area (Å²) in [5, 5.41) is 1.37. The van der Waals surface area contributed by atoms with Gasteiger partial charge in [-0.15, -0.1) is 0 Å². The largest absolute Gasteiger partial charge is 0.462 e. The lowest BCUT2D eigenvalue weighted by Crippen LogP contribution is -2.32. The van der Waals surface area contributed by atoms with Gasteiger partial charge in [-0.1, -0.05) is 24.3 Å². The molecule has 4 rings (SSSR count). The van der Waals surface area contributed by atoms with E-state index in [9.17, 15) is 9.59 Å². The molecule has 0 bridgehead atoms. The Kier molecular flexibility index (Phi) is 4.86. The Labute approximate surface area is 151 Å². The molecule has 6 heteroatoms. The second-order valence-electron chi connectivity index (χ2n) is 6.71. The summed E-state index contributed by atoms with van der Waals surface area (Å²) in [5.74, 6) is -0.232. The molecule has 6 nitrogen and oxygen atoms in total. The summed E-state index contributed by atoms with van der Waals surface area (Å²) in [5.41, 5.74) is 0.898. The number of benzene rings is 2. The summed E-state index contributed by atoms with van der Waals surface area (Å²) in [6.45, 7) is 3.21. The molecule has 2 aromatic carbocycles. The third-order valence-electron chi connectivity index (χ3n) is 4.68. The zero-order valence-electron chi connectivity index (χ0n) is 14.3. The number of ether oxygens (including phenoxy) is 4. The number of rotatable bonds is 6. The molecule has 2 aromatic rings. The van der Waals surface area contributed by atoms with Gasteiger partial charge in [-0.2, -0.15) is 0 Å². The van der Waals surface area contributed by atoms with E-state index >= 15 is 0 Å². The smallest absolute Gasteiger partial charge is 0.338 e. The first-order chi connectivity index (χ1) is 12.7. The van der Waals surface area contributed by atoms with Gasteiger partial charge < -0.3 is 18.9 Å². The van der Waals surface area contributed by atoms with Crippen LogP contribution in [0, 0.1) is 11.8 Å². The molecule has 26 heavy (non-hydrogen) atoms. The predicted molar refractivity (Wildman–Crippen MR) is 93.1 cm³/mol. The third kappa shape index (κ3) is 3.43. The van der Waals surface area contributed by atoms with Crippen LogP contribution in [-0.2, 0) is 18.9 Å². The van der Waals surface area contributed by atoms with Crippen molar-refractivity contribution in [3.8, 4) is 0 Å². The van der Waals surface area contributed by atoms with E-state index in [1.807, 2.05) is 24.3 Å². The maximum absolute atomic E-state index is 12.5. The zero-order valence-corrected chi connectivity index (χ0v) is 14.3. The van der Waals surface area contributed by atoms with Crippen molar-refractivity contribution in [3.05, 3.63) is 47.5 Å². The van der Waals surface area contributed by atoms with Crippen LogP contribution in [0.5, 0.6) is 0 Å². The fraction of sp³-hybridized carbons (Fsp3) is 0.400. The van der Waals surface area contributed by atoms with Crippen molar-refractivity contribution in [2.45, 2.75) is 0 Å². The van der Waals surface area contributed by atoms with Crippen molar-refractivity contribution in [2.75, 3.05) is 39.6 Å². The molecule has 2 aliphatic rings. The minimum absolute atomic E-state index is 0.273. The Morgan fingerprint density at radius 2 is 1.19 bits per heavy atom. The molecule has 0 saturated carbocycles. The van der Waals surface area contributed by atoms with Gasteiger partial charge in [0.1, 0.15) is 0 Å². The highest BCUT2D eigenvalue weighted by Gasteiger charge is 2.24. The quantitative estimate of drug-likeness (QED) is 0.741. The molecule has 2 saturated heterocycles. The Morgan fingerprint density at radius 3 is 1.54 bits per heavy atom. The van der Waals surface area contributed by atoms with Gasteiger partial charge in [0.2, 0.25) is 0 Å². The average Bonchev–Trinajstić information content (AvgIpc) is 2.57. The van der Waals surface area contributed by atoms with Crippen LogP contribution in [0.1, 0.15) is 20.7 Å². The minimum Gasteiger partial charge on any atom is -0.462 e. The van der Waals surface area contributed by atoms with Crippen molar-refractivity contribution < 1.29 is 28.5 Å². The first kappa shape index (κ1) is 17.0. The summed E-state index contributed by atoms with van der Waals surface area (Å²) in [4.78, 5) is 24.9. The summed E-state index contributed by atoms with van der Waals surface area (Å²) in [7, 11) is 0. The van der Waals surface area contributed by atoms with Crippen LogP contribution in [0.25, 0.3) is 10.8 Å². The molecule has 136 valence electrons. The summed E-state index contributed by atoms with van der Waals surface area (Å²) in [6.07, 6.45) is 0. The van der Waals surface area contributed by atoms with Gasteiger partial charge in [0.15, 0.2) is 0 Å². The van der Waals surface area contributed by atoms with E-state index in [1.165, 1.54) is 0 Å². The first-order valence-electron chi connectivity index (χ1n) is 8.74. The number of esters is 2. The van der Waals surface area contributed by atoms with Crippen LogP contribution in [-0.4, -0.2) is 51.6 Å². The maximum atomic E-state index is 12.5. The van der Waals surface area contributed by atoms with Crippen molar-refractivity contribution in [3.63, 3.8) is 0 Å². The molecule has 2 heterocycles. The van der Waals surface area contributed by atoms with Crippen LogP contribution >= 0.6 is 0 Å². The molecule has 0 radical (unpaired) electrons. The monoisotopic (exact) mass is 356 g/mol. The lowest BCUT2D eigenvalue weighted by Gasteiger charge is -2.25. The van der Waals surface area contributed by atoms with Gasteiger partial charge in [0.25, 0.3) is 0 Å². The van der Waals surface area contributed by atoms with Crippen molar-refractivity contribution in [2.24, 2.45) is 11.8 Å². The highest BCUT2D eigenvalue weighted by atomic mass is 16.6. The van der Waals surface area contributed by atoms with Crippen molar-refractivity contribution in [1.29, 1.82) is 0 Å². The van der Waals surface area contributed by atoms with E-state index < -0.39 is 0 Å². The van der Waals surface area contributed by atoms with Gasteiger partial charge >= 0.3 is 11.9 Å². The third-order valence-corrected chi connectivity index (χ3v) is 4.68. The van der Waals surface area contributed by atoms with Crippen LogP contribution in [0.3, 0.4) is 0 Å². The van der Waals surface area contributed by atoms with Crippen LogP contribution in [0.15, 0.2) is 36.4 Å². The van der Waals surface area contributed by atoms with E-state index in [2.05, 4.69) is 0 Å². The fourth-order valence-electron chi connectivity index (χ4n) is 2.96. The Balaban J connectivity index is 1.53. The Bertz CT molecular complexity index is 754. The number of hydrogen-bond acceptors (Lipinski definition) is 6. The summed E-state index contributed by atoms with van der Waals surface area (Å²) >= 11 is 0. The molecule has 0 atom stereocenters. The van der Waals surface area contributed by atoms with Crippen LogP contribution in [0.2, 0.25) is 0 Å². The van der Waals surface area contributed by atoms with Gasteiger partial charge in [-0.05, 0) is 22.9 Å². The lowest BCUT2D eigenvalue weighted by molar-refractivity contribution is -0.0616. The molecular formula is C20H20O6. The van der Waals surface area contributed by atoms with E-state index in [4.69, 9.17) is 18.9 Å². The topological polar surface area (TPSA) is 71.1 Å². The first-order valence-corrected chi connectivity index (χ1v) is 8.74. The summed E-state index contributed by atoms with van der Waals surface area (Å²) < 4.78 is 21.0. The van der Waals surface area contributed by atoms with E-state index in [0.717, 1.165) is 0 Å². The molecule has 0 aromatic heterocycles. The van der Waals surface area contributed by atoms with Crippen molar-refractivity contribution >= 4 is 22.7 Å². The lowest BCUT2D eigenvalue weighted by atomic mass is 9.99. The van der Waals surface area contributed by atoms with Gasteiger partial charge in [-0.25, -0.2) is 9.59 Å². The van der Waals surface area contributed by atoms with Crippen molar-refractivity contribution in [1.82, 2.24) is 0 Å².